The second-order valence-corrected chi connectivity index (χ2v) is 5.93. The van der Waals surface area contributed by atoms with E-state index in [1.54, 1.807) is 0 Å². The van der Waals surface area contributed by atoms with Crippen LogP contribution in [0, 0.1) is 5.92 Å². The molecule has 0 spiro atoms. The Morgan fingerprint density at radius 2 is 2.15 bits per heavy atom. The molecular weight excluding hydrogens is 246 g/mol. The molecule has 0 aromatic heterocycles. The summed E-state index contributed by atoms with van der Waals surface area (Å²) < 4.78 is 5.72. The van der Waals surface area contributed by atoms with E-state index in [0.29, 0.717) is 6.10 Å². The summed E-state index contributed by atoms with van der Waals surface area (Å²) in [4.78, 5) is 0. The van der Waals surface area contributed by atoms with Crippen LogP contribution in [0.5, 0.6) is 0 Å². The topological polar surface area (TPSA) is 21.3 Å². The molecule has 0 amide bonds. The number of nitrogens with one attached hydrogen (secondary N) is 1. The summed E-state index contributed by atoms with van der Waals surface area (Å²) in [5.74, 6) is 0.749. The molecule has 0 radical (unpaired) electrons. The van der Waals surface area contributed by atoms with Crippen LogP contribution in [0.2, 0.25) is 0 Å². The first-order valence-electron chi connectivity index (χ1n) is 8.24. The van der Waals surface area contributed by atoms with Crippen LogP contribution in [0.25, 0.3) is 0 Å². The Labute approximate surface area is 123 Å². The standard InChI is InChI=1S/C18H29NO/c1-2-19-15-17(14-16-8-4-3-5-9-16)10-6-11-18-12-7-13-20-18/h3-5,8-9,17-19H,2,6-7,10-15H2,1H3. The minimum Gasteiger partial charge on any atom is -0.378 e. The summed E-state index contributed by atoms with van der Waals surface area (Å²) in [6.07, 6.45) is 8.13. The molecule has 1 heterocycles. The van der Waals surface area contributed by atoms with Crippen molar-refractivity contribution in [3.8, 4) is 0 Å². The van der Waals surface area contributed by atoms with Gasteiger partial charge in [-0.2, -0.15) is 0 Å². The van der Waals surface area contributed by atoms with Gasteiger partial charge in [0.1, 0.15) is 0 Å². The zero-order valence-corrected chi connectivity index (χ0v) is 12.8. The SMILES string of the molecule is CCNCC(CCCC1CCCO1)Cc1ccccc1. The summed E-state index contributed by atoms with van der Waals surface area (Å²) in [7, 11) is 0. The van der Waals surface area contributed by atoms with Gasteiger partial charge in [-0.1, -0.05) is 43.7 Å². The molecule has 1 aromatic carbocycles. The van der Waals surface area contributed by atoms with E-state index in [9.17, 15) is 0 Å². The summed E-state index contributed by atoms with van der Waals surface area (Å²) in [6.45, 7) is 5.37. The van der Waals surface area contributed by atoms with Gasteiger partial charge in [0.05, 0.1) is 6.10 Å². The summed E-state index contributed by atoms with van der Waals surface area (Å²) in [5, 5.41) is 3.52. The van der Waals surface area contributed by atoms with Crippen molar-refractivity contribution in [2.24, 2.45) is 5.92 Å². The van der Waals surface area contributed by atoms with Gasteiger partial charge in [0.15, 0.2) is 0 Å². The summed E-state index contributed by atoms with van der Waals surface area (Å²) in [6, 6.07) is 10.9. The largest absolute Gasteiger partial charge is 0.378 e. The lowest BCUT2D eigenvalue weighted by molar-refractivity contribution is 0.101. The summed E-state index contributed by atoms with van der Waals surface area (Å²) >= 11 is 0. The Hall–Kier alpha value is -0.860. The van der Waals surface area contributed by atoms with Crippen molar-refractivity contribution in [3.63, 3.8) is 0 Å². The first-order chi connectivity index (χ1) is 9.88. The van der Waals surface area contributed by atoms with Crippen LogP contribution in [0.1, 0.15) is 44.6 Å². The Balaban J connectivity index is 1.74. The smallest absolute Gasteiger partial charge is 0.0576 e. The molecule has 0 aliphatic carbocycles. The molecular formula is C18H29NO. The third-order valence-corrected chi connectivity index (χ3v) is 4.21. The van der Waals surface area contributed by atoms with E-state index in [0.717, 1.165) is 25.6 Å². The fraction of sp³-hybridized carbons (Fsp3) is 0.667. The molecule has 1 saturated heterocycles. The number of rotatable bonds is 9. The molecule has 1 aliphatic heterocycles. The van der Waals surface area contributed by atoms with Crippen molar-refractivity contribution in [2.45, 2.75) is 51.6 Å². The van der Waals surface area contributed by atoms with Crippen LogP contribution >= 0.6 is 0 Å². The average Bonchev–Trinajstić information content (AvgIpc) is 2.99. The molecule has 2 heteroatoms. The second kappa shape index (κ2) is 9.15. The molecule has 0 bridgehead atoms. The van der Waals surface area contributed by atoms with Crippen LogP contribution in [-0.4, -0.2) is 25.8 Å². The second-order valence-electron chi connectivity index (χ2n) is 5.93. The van der Waals surface area contributed by atoms with Crippen LogP contribution in [0.4, 0.5) is 0 Å². The van der Waals surface area contributed by atoms with Gasteiger partial charge in [0, 0.05) is 6.61 Å². The molecule has 2 nitrogen and oxygen atoms in total. The van der Waals surface area contributed by atoms with E-state index < -0.39 is 0 Å². The predicted molar refractivity (Wildman–Crippen MR) is 85.0 cm³/mol. The van der Waals surface area contributed by atoms with Crippen LogP contribution in [-0.2, 0) is 11.2 Å². The molecule has 0 saturated carbocycles. The van der Waals surface area contributed by atoms with Gasteiger partial charge >= 0.3 is 0 Å². The normalized spacial score (nSPS) is 20.1. The van der Waals surface area contributed by atoms with Crippen LogP contribution < -0.4 is 5.32 Å². The van der Waals surface area contributed by atoms with E-state index in [2.05, 4.69) is 42.6 Å². The Kier molecular flexibility index (Phi) is 7.10. The highest BCUT2D eigenvalue weighted by Crippen LogP contribution is 2.21. The van der Waals surface area contributed by atoms with E-state index in [4.69, 9.17) is 4.74 Å². The van der Waals surface area contributed by atoms with Gasteiger partial charge in [-0.3, -0.25) is 0 Å². The molecule has 20 heavy (non-hydrogen) atoms. The molecule has 1 fully saturated rings. The third-order valence-electron chi connectivity index (χ3n) is 4.21. The number of benzene rings is 1. The Bertz CT molecular complexity index is 346. The zero-order chi connectivity index (χ0) is 14.0. The maximum atomic E-state index is 5.72. The van der Waals surface area contributed by atoms with Gasteiger partial charge in [-0.15, -0.1) is 0 Å². The van der Waals surface area contributed by atoms with E-state index >= 15 is 0 Å². The monoisotopic (exact) mass is 275 g/mol. The minimum absolute atomic E-state index is 0.548. The molecule has 1 N–H and O–H groups in total. The van der Waals surface area contributed by atoms with Crippen molar-refractivity contribution in [1.82, 2.24) is 5.32 Å². The maximum Gasteiger partial charge on any atom is 0.0576 e. The quantitative estimate of drug-likeness (QED) is 0.740. The van der Waals surface area contributed by atoms with Gasteiger partial charge in [-0.25, -0.2) is 0 Å². The minimum atomic E-state index is 0.548. The lowest BCUT2D eigenvalue weighted by Gasteiger charge is -2.18. The van der Waals surface area contributed by atoms with Gasteiger partial charge in [-0.05, 0) is 56.7 Å². The lowest BCUT2D eigenvalue weighted by atomic mass is 9.93. The lowest BCUT2D eigenvalue weighted by Crippen LogP contribution is -2.24. The molecule has 1 aromatic rings. The molecule has 1 aliphatic rings. The molecule has 2 rings (SSSR count). The van der Waals surface area contributed by atoms with Crippen molar-refractivity contribution < 1.29 is 4.74 Å². The van der Waals surface area contributed by atoms with Crippen molar-refractivity contribution in [1.29, 1.82) is 0 Å². The summed E-state index contributed by atoms with van der Waals surface area (Å²) in [5.41, 5.74) is 1.47. The van der Waals surface area contributed by atoms with Gasteiger partial charge in [0.25, 0.3) is 0 Å². The fourth-order valence-corrected chi connectivity index (χ4v) is 3.08. The molecule has 2 unspecified atom stereocenters. The highest BCUT2D eigenvalue weighted by atomic mass is 16.5. The third kappa shape index (κ3) is 5.64. The highest BCUT2D eigenvalue weighted by Gasteiger charge is 2.16. The first-order valence-corrected chi connectivity index (χ1v) is 8.24. The number of hydrogen-bond acceptors (Lipinski definition) is 2. The maximum absolute atomic E-state index is 5.72. The Morgan fingerprint density at radius 1 is 1.30 bits per heavy atom. The molecule has 112 valence electrons. The van der Waals surface area contributed by atoms with E-state index in [1.807, 2.05) is 0 Å². The van der Waals surface area contributed by atoms with E-state index in [-0.39, 0.29) is 0 Å². The molecule has 2 atom stereocenters. The average molecular weight is 275 g/mol. The van der Waals surface area contributed by atoms with Crippen LogP contribution in [0.15, 0.2) is 30.3 Å². The first kappa shape index (κ1) is 15.5. The van der Waals surface area contributed by atoms with Gasteiger partial charge in [0.2, 0.25) is 0 Å². The van der Waals surface area contributed by atoms with E-state index in [1.165, 1.54) is 44.1 Å². The number of ether oxygens (including phenoxy) is 1. The van der Waals surface area contributed by atoms with Crippen molar-refractivity contribution in [2.75, 3.05) is 19.7 Å². The zero-order valence-electron chi connectivity index (χ0n) is 12.8. The fourth-order valence-electron chi connectivity index (χ4n) is 3.08. The Morgan fingerprint density at radius 3 is 2.85 bits per heavy atom. The van der Waals surface area contributed by atoms with Crippen molar-refractivity contribution in [3.05, 3.63) is 35.9 Å². The van der Waals surface area contributed by atoms with Crippen LogP contribution in [0.3, 0.4) is 0 Å². The number of hydrogen-bond donors (Lipinski definition) is 1. The highest BCUT2D eigenvalue weighted by molar-refractivity contribution is 5.15. The predicted octanol–water partition coefficient (Wildman–Crippen LogP) is 3.80. The van der Waals surface area contributed by atoms with Crippen molar-refractivity contribution >= 4 is 0 Å². The van der Waals surface area contributed by atoms with Gasteiger partial charge < -0.3 is 10.1 Å².